The number of ether oxygens (including phenoxy) is 2. The molecule has 4 rings (SSSR count). The van der Waals surface area contributed by atoms with Gasteiger partial charge in [0.2, 0.25) is 0 Å². The van der Waals surface area contributed by atoms with Gasteiger partial charge in [0.05, 0.1) is 12.1 Å². The van der Waals surface area contributed by atoms with Crippen molar-refractivity contribution in [2.24, 2.45) is 10.9 Å². The minimum absolute atomic E-state index is 0.143. The first-order valence-electron chi connectivity index (χ1n) is 10.5. The second kappa shape index (κ2) is 8.46. The second-order valence-corrected chi connectivity index (χ2v) is 8.50. The van der Waals surface area contributed by atoms with Gasteiger partial charge in [0.1, 0.15) is 11.4 Å². The summed E-state index contributed by atoms with van der Waals surface area (Å²) in [6.07, 6.45) is 2.07. The molecule has 29 heavy (non-hydrogen) atoms. The van der Waals surface area contributed by atoms with Gasteiger partial charge in [0.15, 0.2) is 5.96 Å². The summed E-state index contributed by atoms with van der Waals surface area (Å²) in [5.41, 5.74) is 2.21. The highest BCUT2D eigenvalue weighted by atomic mass is 16.5. The number of benzene rings is 2. The summed E-state index contributed by atoms with van der Waals surface area (Å²) in [6, 6.07) is 18.9. The fourth-order valence-electron chi connectivity index (χ4n) is 4.37. The maximum absolute atomic E-state index is 6.15. The molecule has 2 aromatic rings. The molecule has 0 spiro atoms. The Kier molecular flexibility index (Phi) is 5.76. The van der Waals surface area contributed by atoms with Crippen molar-refractivity contribution in [3.8, 4) is 5.75 Å². The maximum atomic E-state index is 6.15. The van der Waals surface area contributed by atoms with E-state index in [2.05, 4.69) is 65.9 Å². The number of nitrogens with one attached hydrogen (secondary N) is 2. The number of rotatable bonds is 4. The van der Waals surface area contributed by atoms with E-state index >= 15 is 0 Å². The standard InChI is InChI=1S/C24H31N3O2/c1-24(2)15-20(19-11-7-8-12-21(19)29-24)27-23(25-3)26-16-18-13-14-28-22(18)17-9-5-4-6-10-17/h4-12,18,20,22H,13-16H2,1-3H3,(H2,25,26,27). The Balaban J connectivity index is 1.42. The van der Waals surface area contributed by atoms with Crippen molar-refractivity contribution in [2.45, 2.75) is 44.4 Å². The number of hydrogen-bond donors (Lipinski definition) is 2. The molecule has 1 fully saturated rings. The van der Waals surface area contributed by atoms with Crippen LogP contribution in [0.15, 0.2) is 59.6 Å². The molecule has 3 atom stereocenters. The van der Waals surface area contributed by atoms with Crippen LogP contribution in [0.2, 0.25) is 0 Å². The molecule has 0 aliphatic carbocycles. The molecule has 2 aromatic carbocycles. The van der Waals surface area contributed by atoms with Gasteiger partial charge in [-0.05, 0) is 31.9 Å². The van der Waals surface area contributed by atoms with Crippen molar-refractivity contribution in [1.82, 2.24) is 10.6 Å². The van der Waals surface area contributed by atoms with Crippen LogP contribution in [0.1, 0.15) is 50.0 Å². The molecule has 0 aromatic heterocycles. The smallest absolute Gasteiger partial charge is 0.191 e. The molecule has 0 bridgehead atoms. The molecule has 2 heterocycles. The van der Waals surface area contributed by atoms with Gasteiger partial charge in [-0.15, -0.1) is 0 Å². The molecule has 5 nitrogen and oxygen atoms in total. The van der Waals surface area contributed by atoms with Gasteiger partial charge < -0.3 is 20.1 Å². The van der Waals surface area contributed by atoms with E-state index in [0.717, 1.165) is 37.7 Å². The number of hydrogen-bond acceptors (Lipinski definition) is 3. The lowest BCUT2D eigenvalue weighted by Gasteiger charge is -2.38. The van der Waals surface area contributed by atoms with Gasteiger partial charge in [-0.2, -0.15) is 0 Å². The predicted molar refractivity (Wildman–Crippen MR) is 116 cm³/mol. The van der Waals surface area contributed by atoms with Crippen LogP contribution in [-0.4, -0.2) is 31.8 Å². The fourth-order valence-corrected chi connectivity index (χ4v) is 4.37. The van der Waals surface area contributed by atoms with Crippen LogP contribution in [0.25, 0.3) is 0 Å². The van der Waals surface area contributed by atoms with Crippen LogP contribution in [0.3, 0.4) is 0 Å². The average Bonchev–Trinajstić information content (AvgIpc) is 3.19. The minimum atomic E-state index is -0.220. The van der Waals surface area contributed by atoms with Crippen molar-refractivity contribution in [3.63, 3.8) is 0 Å². The highest BCUT2D eigenvalue weighted by Gasteiger charge is 2.34. The van der Waals surface area contributed by atoms with E-state index in [4.69, 9.17) is 9.47 Å². The van der Waals surface area contributed by atoms with Crippen molar-refractivity contribution in [1.29, 1.82) is 0 Å². The monoisotopic (exact) mass is 393 g/mol. The Morgan fingerprint density at radius 3 is 2.66 bits per heavy atom. The molecule has 0 amide bonds. The van der Waals surface area contributed by atoms with Crippen molar-refractivity contribution < 1.29 is 9.47 Å². The zero-order valence-electron chi connectivity index (χ0n) is 17.5. The number of fused-ring (bicyclic) bond motifs is 1. The van der Waals surface area contributed by atoms with Crippen LogP contribution < -0.4 is 15.4 Å². The molecule has 2 aliphatic heterocycles. The second-order valence-electron chi connectivity index (χ2n) is 8.50. The predicted octanol–water partition coefficient (Wildman–Crippen LogP) is 4.23. The molecule has 3 unspecified atom stereocenters. The Morgan fingerprint density at radius 2 is 1.86 bits per heavy atom. The molecule has 154 valence electrons. The van der Waals surface area contributed by atoms with Crippen molar-refractivity contribution in [3.05, 3.63) is 65.7 Å². The average molecular weight is 394 g/mol. The quantitative estimate of drug-likeness (QED) is 0.603. The third-order valence-electron chi connectivity index (χ3n) is 5.78. The van der Waals surface area contributed by atoms with Gasteiger partial charge in [-0.1, -0.05) is 48.5 Å². The van der Waals surface area contributed by atoms with E-state index in [0.29, 0.717) is 5.92 Å². The summed E-state index contributed by atoms with van der Waals surface area (Å²) in [5, 5.41) is 7.15. The third kappa shape index (κ3) is 4.56. The van der Waals surface area contributed by atoms with Crippen LogP contribution in [0.4, 0.5) is 0 Å². The topological polar surface area (TPSA) is 54.9 Å². The SMILES string of the molecule is CN=C(NCC1CCOC1c1ccccc1)NC1CC(C)(C)Oc2ccccc21. The highest BCUT2D eigenvalue weighted by molar-refractivity contribution is 5.80. The number of guanidine groups is 1. The first kappa shape index (κ1) is 19.8. The molecular weight excluding hydrogens is 362 g/mol. The molecule has 0 radical (unpaired) electrons. The molecule has 2 aliphatic rings. The van der Waals surface area contributed by atoms with Gasteiger partial charge in [-0.3, -0.25) is 4.99 Å². The molecular formula is C24H31N3O2. The normalized spacial score (nSPS) is 25.8. The zero-order chi connectivity index (χ0) is 20.3. The van der Waals surface area contributed by atoms with Gasteiger partial charge >= 0.3 is 0 Å². The summed E-state index contributed by atoms with van der Waals surface area (Å²) in [6.45, 7) is 5.90. The summed E-state index contributed by atoms with van der Waals surface area (Å²) < 4.78 is 12.2. The van der Waals surface area contributed by atoms with Gasteiger partial charge in [0, 0.05) is 38.1 Å². The zero-order valence-corrected chi connectivity index (χ0v) is 17.5. The lowest BCUT2D eigenvalue weighted by molar-refractivity contribution is 0.0693. The number of aliphatic imine (C=N–C) groups is 1. The van der Waals surface area contributed by atoms with E-state index in [1.165, 1.54) is 11.1 Å². The van der Waals surface area contributed by atoms with Crippen LogP contribution >= 0.6 is 0 Å². The third-order valence-corrected chi connectivity index (χ3v) is 5.78. The lowest BCUT2D eigenvalue weighted by atomic mass is 9.90. The summed E-state index contributed by atoms with van der Waals surface area (Å²) >= 11 is 0. The summed E-state index contributed by atoms with van der Waals surface area (Å²) in [7, 11) is 1.82. The highest BCUT2D eigenvalue weighted by Crippen LogP contribution is 2.39. The summed E-state index contributed by atoms with van der Waals surface area (Å²) in [5.74, 6) is 2.20. The number of para-hydroxylation sites is 1. The van der Waals surface area contributed by atoms with Crippen LogP contribution in [-0.2, 0) is 4.74 Å². The fraction of sp³-hybridized carbons (Fsp3) is 0.458. The van der Waals surface area contributed by atoms with Crippen LogP contribution in [0.5, 0.6) is 5.75 Å². The Bertz CT molecular complexity index is 850. The molecule has 0 saturated carbocycles. The van der Waals surface area contributed by atoms with E-state index in [1.807, 2.05) is 25.2 Å². The first-order valence-corrected chi connectivity index (χ1v) is 10.5. The van der Waals surface area contributed by atoms with Gasteiger partial charge in [0.25, 0.3) is 0 Å². The molecule has 2 N–H and O–H groups in total. The Morgan fingerprint density at radius 1 is 1.10 bits per heavy atom. The van der Waals surface area contributed by atoms with E-state index in [1.54, 1.807) is 0 Å². The summed E-state index contributed by atoms with van der Waals surface area (Å²) in [4.78, 5) is 4.47. The van der Waals surface area contributed by atoms with Crippen molar-refractivity contribution in [2.75, 3.05) is 20.2 Å². The molecule has 5 heteroatoms. The van der Waals surface area contributed by atoms with E-state index in [9.17, 15) is 0 Å². The Labute approximate surface area is 173 Å². The maximum Gasteiger partial charge on any atom is 0.191 e. The van der Waals surface area contributed by atoms with Crippen molar-refractivity contribution >= 4 is 5.96 Å². The first-order chi connectivity index (χ1) is 14.1. The van der Waals surface area contributed by atoms with E-state index in [-0.39, 0.29) is 17.7 Å². The van der Waals surface area contributed by atoms with E-state index < -0.39 is 0 Å². The molecule has 1 saturated heterocycles. The minimum Gasteiger partial charge on any atom is -0.487 e. The number of nitrogens with zero attached hydrogens (tertiary/aromatic N) is 1. The van der Waals surface area contributed by atoms with Crippen LogP contribution in [0, 0.1) is 5.92 Å². The van der Waals surface area contributed by atoms with Gasteiger partial charge in [-0.25, -0.2) is 0 Å². The lowest BCUT2D eigenvalue weighted by Crippen LogP contribution is -2.46. The Hall–Kier alpha value is -2.53. The largest absolute Gasteiger partial charge is 0.487 e.